The highest BCUT2D eigenvalue weighted by Crippen LogP contribution is 2.15. The van der Waals surface area contributed by atoms with E-state index in [0.29, 0.717) is 0 Å². The molecule has 90 valence electrons. The Bertz CT molecular complexity index is 485. The van der Waals surface area contributed by atoms with Gasteiger partial charge in [-0.2, -0.15) is 8.42 Å². The molecule has 1 unspecified atom stereocenters. The van der Waals surface area contributed by atoms with Gasteiger partial charge in [0.05, 0.1) is 11.5 Å². The number of rotatable bonds is 5. The monoisotopic (exact) mass is 264 g/mol. The number of anilines is 1. The maximum absolute atomic E-state index is 11.5. The third kappa shape index (κ3) is 3.89. The van der Waals surface area contributed by atoms with Crippen molar-refractivity contribution >= 4 is 26.9 Å². The first-order valence-electron chi connectivity index (χ1n) is 4.22. The standard InChI is InChI=1S/C8H11NO5S2/c9-7-2-1-3-8(6-7)16(12,13)14-4-5-15(10)11/h1-3,6H,4-5,9H2,(H,10,11)/p-1. The molecule has 6 nitrogen and oxygen atoms in total. The molecule has 0 spiro atoms. The lowest BCUT2D eigenvalue weighted by molar-refractivity contribution is 0.337. The fourth-order valence-corrected chi connectivity index (χ4v) is 2.24. The highest BCUT2D eigenvalue weighted by Gasteiger charge is 2.14. The Hall–Kier alpha value is -0.960. The molecular weight excluding hydrogens is 254 g/mol. The van der Waals surface area contributed by atoms with Crippen molar-refractivity contribution in [3.05, 3.63) is 24.3 Å². The first-order chi connectivity index (χ1) is 7.42. The lowest BCUT2D eigenvalue weighted by Gasteiger charge is -2.07. The summed E-state index contributed by atoms with van der Waals surface area (Å²) in [6.45, 7) is -0.409. The molecule has 0 radical (unpaired) electrons. The van der Waals surface area contributed by atoms with Crippen molar-refractivity contribution in [1.29, 1.82) is 0 Å². The Kier molecular flexibility index (Phi) is 4.42. The zero-order valence-corrected chi connectivity index (χ0v) is 9.79. The fraction of sp³-hybridized carbons (Fsp3) is 0.250. The fourth-order valence-electron chi connectivity index (χ4n) is 0.950. The quantitative estimate of drug-likeness (QED) is 0.450. The molecule has 1 atom stereocenters. The first kappa shape index (κ1) is 13.1. The lowest BCUT2D eigenvalue weighted by atomic mass is 10.3. The topological polar surface area (TPSA) is 110 Å². The molecule has 0 aliphatic carbocycles. The van der Waals surface area contributed by atoms with Crippen LogP contribution in [0.2, 0.25) is 0 Å². The van der Waals surface area contributed by atoms with Crippen LogP contribution in [0.5, 0.6) is 0 Å². The lowest BCUT2D eigenvalue weighted by Crippen LogP contribution is -2.12. The molecule has 0 aliphatic rings. The highest BCUT2D eigenvalue weighted by atomic mass is 32.2. The maximum atomic E-state index is 11.5. The molecule has 0 bridgehead atoms. The van der Waals surface area contributed by atoms with E-state index in [1.54, 1.807) is 0 Å². The van der Waals surface area contributed by atoms with Crippen LogP contribution in [0.3, 0.4) is 0 Å². The molecule has 0 aromatic heterocycles. The minimum Gasteiger partial charge on any atom is -0.772 e. The van der Waals surface area contributed by atoms with Gasteiger partial charge in [0.15, 0.2) is 0 Å². The molecule has 0 heterocycles. The van der Waals surface area contributed by atoms with Crippen LogP contribution in [0.1, 0.15) is 0 Å². The van der Waals surface area contributed by atoms with Gasteiger partial charge in [0.1, 0.15) is 0 Å². The second kappa shape index (κ2) is 5.39. The molecule has 0 amide bonds. The van der Waals surface area contributed by atoms with Crippen molar-refractivity contribution in [3.63, 3.8) is 0 Å². The van der Waals surface area contributed by atoms with Crippen LogP contribution in [0, 0.1) is 0 Å². The summed E-state index contributed by atoms with van der Waals surface area (Å²) in [5.41, 5.74) is 5.70. The van der Waals surface area contributed by atoms with E-state index >= 15 is 0 Å². The highest BCUT2D eigenvalue weighted by molar-refractivity contribution is 7.86. The van der Waals surface area contributed by atoms with Gasteiger partial charge in [-0.05, 0) is 18.2 Å². The summed E-state index contributed by atoms with van der Waals surface area (Å²) in [6, 6.07) is 5.56. The normalized spacial score (nSPS) is 13.6. The predicted octanol–water partition coefficient (Wildman–Crippen LogP) is -0.147. The number of nitrogens with two attached hydrogens (primary N) is 1. The van der Waals surface area contributed by atoms with Crippen LogP contribution in [0.15, 0.2) is 29.2 Å². The minimum absolute atomic E-state index is 0.0934. The van der Waals surface area contributed by atoms with Gasteiger partial charge in [0.25, 0.3) is 10.1 Å². The van der Waals surface area contributed by atoms with Crippen LogP contribution in [0.25, 0.3) is 0 Å². The Labute approximate surface area is 95.8 Å². The summed E-state index contributed by atoms with van der Waals surface area (Å²) < 4.78 is 47.8. The van der Waals surface area contributed by atoms with Crippen molar-refractivity contribution in [2.24, 2.45) is 0 Å². The van der Waals surface area contributed by atoms with E-state index in [-0.39, 0.29) is 16.3 Å². The zero-order chi connectivity index (χ0) is 12.2. The van der Waals surface area contributed by atoms with Crippen LogP contribution in [-0.2, 0) is 25.4 Å². The molecule has 1 aromatic carbocycles. The average molecular weight is 264 g/mol. The zero-order valence-electron chi connectivity index (χ0n) is 8.16. The molecule has 8 heteroatoms. The largest absolute Gasteiger partial charge is 0.772 e. The number of hydrogen-bond acceptors (Lipinski definition) is 6. The molecule has 2 N–H and O–H groups in total. The van der Waals surface area contributed by atoms with Crippen LogP contribution >= 0.6 is 0 Å². The Morgan fingerprint density at radius 2 is 2.12 bits per heavy atom. The van der Waals surface area contributed by atoms with Crippen molar-refractivity contribution in [2.45, 2.75) is 4.90 Å². The molecule has 0 aliphatic heterocycles. The van der Waals surface area contributed by atoms with E-state index < -0.39 is 27.8 Å². The van der Waals surface area contributed by atoms with Crippen molar-refractivity contribution in [2.75, 3.05) is 18.1 Å². The van der Waals surface area contributed by atoms with Gasteiger partial charge >= 0.3 is 0 Å². The SMILES string of the molecule is Nc1cccc(S(=O)(=O)OCCS(=O)[O-])c1. The summed E-state index contributed by atoms with van der Waals surface area (Å²) >= 11 is -2.33. The van der Waals surface area contributed by atoms with Crippen LogP contribution < -0.4 is 5.73 Å². The van der Waals surface area contributed by atoms with Gasteiger partial charge in [0, 0.05) is 11.4 Å². The molecule has 0 saturated heterocycles. The molecule has 1 aromatic rings. The summed E-state index contributed by atoms with van der Waals surface area (Å²) in [6.07, 6.45) is 0. The Morgan fingerprint density at radius 1 is 1.44 bits per heavy atom. The average Bonchev–Trinajstić information content (AvgIpc) is 2.16. The number of nitrogen functional groups attached to an aromatic ring is 1. The van der Waals surface area contributed by atoms with Crippen LogP contribution in [-0.4, -0.2) is 29.5 Å². The smallest absolute Gasteiger partial charge is 0.297 e. The van der Waals surface area contributed by atoms with Crippen molar-refractivity contribution in [3.8, 4) is 0 Å². The van der Waals surface area contributed by atoms with E-state index in [1.807, 2.05) is 0 Å². The van der Waals surface area contributed by atoms with E-state index in [9.17, 15) is 17.2 Å². The molecular formula is C8H10NO5S2-. The molecule has 0 saturated carbocycles. The van der Waals surface area contributed by atoms with Crippen molar-refractivity contribution in [1.82, 2.24) is 0 Å². The van der Waals surface area contributed by atoms with Gasteiger partial charge in [-0.25, -0.2) is 0 Å². The van der Waals surface area contributed by atoms with Gasteiger partial charge < -0.3 is 10.3 Å². The molecule has 1 rings (SSSR count). The molecule has 16 heavy (non-hydrogen) atoms. The first-order valence-corrected chi connectivity index (χ1v) is 6.88. The summed E-state index contributed by atoms with van der Waals surface area (Å²) in [5, 5.41) is 0. The third-order valence-electron chi connectivity index (χ3n) is 1.64. The maximum Gasteiger partial charge on any atom is 0.297 e. The second-order valence-electron chi connectivity index (χ2n) is 2.86. The third-order valence-corrected chi connectivity index (χ3v) is 3.44. The van der Waals surface area contributed by atoms with Gasteiger partial charge in [-0.1, -0.05) is 17.1 Å². The Morgan fingerprint density at radius 3 is 2.69 bits per heavy atom. The van der Waals surface area contributed by atoms with Gasteiger partial charge in [0.2, 0.25) is 0 Å². The Balaban J connectivity index is 2.74. The number of benzene rings is 1. The van der Waals surface area contributed by atoms with Gasteiger partial charge in [-0.3, -0.25) is 8.39 Å². The van der Waals surface area contributed by atoms with E-state index in [2.05, 4.69) is 4.18 Å². The van der Waals surface area contributed by atoms with E-state index in [0.717, 1.165) is 0 Å². The predicted molar refractivity (Wildman–Crippen MR) is 57.8 cm³/mol. The second-order valence-corrected chi connectivity index (χ2v) is 5.49. The van der Waals surface area contributed by atoms with E-state index in [1.165, 1.54) is 24.3 Å². The van der Waals surface area contributed by atoms with Crippen LogP contribution in [0.4, 0.5) is 5.69 Å². The van der Waals surface area contributed by atoms with Crippen molar-refractivity contribution < 1.29 is 21.4 Å². The van der Waals surface area contributed by atoms with Gasteiger partial charge in [-0.15, -0.1) is 0 Å². The summed E-state index contributed by atoms with van der Waals surface area (Å²) in [5.74, 6) is -0.373. The summed E-state index contributed by atoms with van der Waals surface area (Å²) in [4.78, 5) is -0.0934. The number of hydrogen-bond donors (Lipinski definition) is 1. The minimum atomic E-state index is -3.93. The summed E-state index contributed by atoms with van der Waals surface area (Å²) in [7, 11) is -3.93. The van der Waals surface area contributed by atoms with E-state index in [4.69, 9.17) is 5.73 Å². The molecule has 0 fully saturated rings.